The van der Waals surface area contributed by atoms with E-state index in [0.29, 0.717) is 15.9 Å². The molecule has 2 atom stereocenters. The molecule has 33 heavy (non-hydrogen) atoms. The Hall–Kier alpha value is -2.53. The van der Waals surface area contributed by atoms with E-state index in [0.717, 1.165) is 22.4 Å². The summed E-state index contributed by atoms with van der Waals surface area (Å²) in [7, 11) is 1.59. The molecular weight excluding hydrogens is 555 g/mol. The van der Waals surface area contributed by atoms with Gasteiger partial charge in [0.1, 0.15) is 29.5 Å². The van der Waals surface area contributed by atoms with Gasteiger partial charge in [-0.15, -0.1) is 11.8 Å². The van der Waals surface area contributed by atoms with Crippen molar-refractivity contribution < 1.29 is 23.9 Å². The summed E-state index contributed by atoms with van der Waals surface area (Å²) in [5.41, 5.74) is 2.87. The molecule has 2 aliphatic rings. The van der Waals surface area contributed by atoms with Gasteiger partial charge in [-0.3, -0.25) is 14.5 Å². The van der Waals surface area contributed by atoms with Crippen molar-refractivity contribution in [1.82, 2.24) is 10.2 Å². The van der Waals surface area contributed by atoms with E-state index in [-0.39, 0.29) is 30.2 Å². The molecule has 2 heterocycles. The average molecular weight is 578 g/mol. The largest absolute Gasteiger partial charge is 0.497 e. The van der Waals surface area contributed by atoms with Gasteiger partial charge in [-0.05, 0) is 28.8 Å². The second-order valence-corrected chi connectivity index (χ2v) is 9.50. The maximum absolute atomic E-state index is 13.0. The molecule has 0 aromatic heterocycles. The zero-order valence-electron chi connectivity index (χ0n) is 18.0. The van der Waals surface area contributed by atoms with E-state index in [1.807, 2.05) is 42.5 Å². The molecule has 1 unspecified atom stereocenters. The molecule has 2 aromatic carbocycles. The molecule has 1 N–H and O–H groups in total. The summed E-state index contributed by atoms with van der Waals surface area (Å²) in [4.78, 5) is 39.9. The van der Waals surface area contributed by atoms with Crippen LogP contribution in [0.2, 0.25) is 0 Å². The molecule has 0 bridgehead atoms. The molecule has 2 aromatic rings. The average Bonchev–Trinajstić information content (AvgIpc) is 2.85. The first-order valence-electron chi connectivity index (χ1n) is 10.4. The van der Waals surface area contributed by atoms with Crippen LogP contribution in [0, 0.1) is 0 Å². The van der Waals surface area contributed by atoms with Gasteiger partial charge in [0.05, 0.1) is 13.5 Å². The van der Waals surface area contributed by atoms with Crippen LogP contribution < -0.4 is 10.1 Å². The number of methoxy groups -OCH3 is 1. The number of thioether (sulfide) groups is 1. The SMILES string of the molecule is COc1ccc(COC(=O)C2=C(CI)CS[C@@H]3C(NC(=O)Cc4ccccc4)C(=O)N23)cc1. The summed E-state index contributed by atoms with van der Waals surface area (Å²) in [6, 6.07) is 16.0. The highest BCUT2D eigenvalue weighted by Crippen LogP contribution is 2.41. The molecule has 2 aliphatic heterocycles. The lowest BCUT2D eigenvalue weighted by Gasteiger charge is -2.49. The Morgan fingerprint density at radius 3 is 2.52 bits per heavy atom. The van der Waals surface area contributed by atoms with Crippen molar-refractivity contribution in [2.75, 3.05) is 17.3 Å². The topological polar surface area (TPSA) is 84.9 Å². The fraction of sp³-hybridized carbons (Fsp3) is 0.292. The number of rotatable bonds is 8. The highest BCUT2D eigenvalue weighted by Gasteiger charge is 2.54. The van der Waals surface area contributed by atoms with Crippen molar-refractivity contribution in [3.63, 3.8) is 0 Å². The number of alkyl halides is 1. The number of ether oxygens (including phenoxy) is 2. The number of carbonyl (C=O) groups excluding carboxylic acids is 3. The van der Waals surface area contributed by atoms with Crippen LogP contribution in [0.25, 0.3) is 0 Å². The van der Waals surface area contributed by atoms with E-state index in [1.54, 1.807) is 31.0 Å². The molecule has 0 aliphatic carbocycles. The van der Waals surface area contributed by atoms with Crippen LogP contribution in [0.3, 0.4) is 0 Å². The third-order valence-corrected chi connectivity index (χ3v) is 7.72. The zero-order valence-corrected chi connectivity index (χ0v) is 20.9. The Morgan fingerprint density at radius 2 is 1.85 bits per heavy atom. The molecule has 2 amide bonds. The van der Waals surface area contributed by atoms with Crippen molar-refractivity contribution in [1.29, 1.82) is 0 Å². The van der Waals surface area contributed by atoms with Gasteiger partial charge in [0.25, 0.3) is 5.91 Å². The van der Waals surface area contributed by atoms with Gasteiger partial charge in [0, 0.05) is 10.2 Å². The summed E-state index contributed by atoms with van der Waals surface area (Å²) >= 11 is 3.74. The van der Waals surface area contributed by atoms with Crippen molar-refractivity contribution in [3.05, 3.63) is 77.0 Å². The maximum atomic E-state index is 13.0. The summed E-state index contributed by atoms with van der Waals surface area (Å²) in [6.45, 7) is 0.0952. The molecule has 1 fully saturated rings. The molecule has 4 rings (SSSR count). The van der Waals surface area contributed by atoms with Crippen LogP contribution in [0.1, 0.15) is 11.1 Å². The quantitative estimate of drug-likeness (QED) is 0.225. The molecule has 1 saturated heterocycles. The Morgan fingerprint density at radius 1 is 1.12 bits per heavy atom. The van der Waals surface area contributed by atoms with Crippen LogP contribution in [0.4, 0.5) is 0 Å². The second kappa shape index (κ2) is 10.6. The number of carbonyl (C=O) groups is 3. The van der Waals surface area contributed by atoms with Crippen molar-refractivity contribution >= 4 is 52.1 Å². The minimum absolute atomic E-state index is 0.0952. The predicted octanol–water partition coefficient (Wildman–Crippen LogP) is 3.07. The van der Waals surface area contributed by atoms with E-state index in [9.17, 15) is 14.4 Å². The summed E-state index contributed by atoms with van der Waals surface area (Å²) in [6.07, 6.45) is 0.202. The van der Waals surface area contributed by atoms with Crippen molar-refractivity contribution in [2.24, 2.45) is 0 Å². The van der Waals surface area contributed by atoms with E-state index in [2.05, 4.69) is 27.9 Å². The highest BCUT2D eigenvalue weighted by atomic mass is 127. The maximum Gasteiger partial charge on any atom is 0.355 e. The fourth-order valence-electron chi connectivity index (χ4n) is 3.72. The minimum atomic E-state index is -0.647. The Labute approximate surface area is 210 Å². The van der Waals surface area contributed by atoms with Crippen LogP contribution in [0.5, 0.6) is 5.75 Å². The van der Waals surface area contributed by atoms with E-state index >= 15 is 0 Å². The molecular formula is C24H23IN2O5S. The number of fused-ring (bicyclic) bond motifs is 1. The van der Waals surface area contributed by atoms with Crippen molar-refractivity contribution in [3.8, 4) is 5.75 Å². The molecule has 0 saturated carbocycles. The Balaban J connectivity index is 1.41. The van der Waals surface area contributed by atoms with Gasteiger partial charge in [-0.25, -0.2) is 4.79 Å². The number of nitrogens with zero attached hydrogens (tertiary/aromatic N) is 1. The molecule has 7 nitrogen and oxygen atoms in total. The lowest BCUT2D eigenvalue weighted by atomic mass is 10.0. The van der Waals surface area contributed by atoms with Crippen LogP contribution >= 0.6 is 34.4 Å². The van der Waals surface area contributed by atoms with Gasteiger partial charge in [-0.2, -0.15) is 0 Å². The number of β-lactam (4-membered cyclic amide) rings is 1. The Kier molecular flexibility index (Phi) is 7.59. The molecule has 0 radical (unpaired) electrons. The zero-order chi connectivity index (χ0) is 23.4. The summed E-state index contributed by atoms with van der Waals surface area (Å²) in [5.74, 6) is 0.304. The third-order valence-electron chi connectivity index (χ3n) is 5.45. The number of nitrogens with one attached hydrogen (secondary N) is 1. The van der Waals surface area contributed by atoms with Gasteiger partial charge >= 0.3 is 5.97 Å². The van der Waals surface area contributed by atoms with Crippen LogP contribution in [0.15, 0.2) is 65.9 Å². The van der Waals surface area contributed by atoms with Gasteiger partial charge in [-0.1, -0.05) is 65.1 Å². The lowest BCUT2D eigenvalue weighted by molar-refractivity contribution is -0.153. The molecule has 9 heteroatoms. The van der Waals surface area contributed by atoms with Crippen LogP contribution in [-0.4, -0.2) is 51.4 Å². The van der Waals surface area contributed by atoms with Crippen LogP contribution in [-0.2, 0) is 32.1 Å². The van der Waals surface area contributed by atoms with Gasteiger partial charge < -0.3 is 14.8 Å². The van der Waals surface area contributed by atoms with E-state index in [1.165, 1.54) is 4.90 Å². The fourth-order valence-corrected chi connectivity index (χ4v) is 6.06. The number of halogens is 1. The molecule has 0 spiro atoms. The molecule has 172 valence electrons. The smallest absolute Gasteiger partial charge is 0.355 e. The number of benzene rings is 2. The first kappa shape index (κ1) is 23.6. The highest BCUT2D eigenvalue weighted by molar-refractivity contribution is 14.1. The van der Waals surface area contributed by atoms with Gasteiger partial charge in [0.2, 0.25) is 5.91 Å². The minimum Gasteiger partial charge on any atom is -0.497 e. The lowest BCUT2D eigenvalue weighted by Crippen LogP contribution is -2.70. The second-order valence-electron chi connectivity index (χ2n) is 7.63. The first-order chi connectivity index (χ1) is 16.0. The normalized spacial score (nSPS) is 19.5. The third kappa shape index (κ3) is 5.19. The standard InChI is InChI=1S/C24H23IN2O5S/c1-31-18-9-7-16(8-10-18)13-32-24(30)21-17(12-25)14-33-23-20(22(29)27(21)23)26-19(28)11-15-5-3-2-4-6-15/h2-10,20,23H,11-14H2,1H3,(H,26,28)/t20?,23-/m1/s1. The Bertz CT molecular complexity index is 1070. The van der Waals surface area contributed by atoms with Gasteiger partial charge in [0.15, 0.2) is 0 Å². The van der Waals surface area contributed by atoms with Crippen molar-refractivity contribution in [2.45, 2.75) is 24.4 Å². The summed E-state index contributed by atoms with van der Waals surface area (Å²) in [5, 5.41) is 2.52. The number of esters is 1. The first-order valence-corrected chi connectivity index (χ1v) is 12.9. The van der Waals surface area contributed by atoms with E-state index < -0.39 is 12.0 Å². The number of hydrogen-bond acceptors (Lipinski definition) is 6. The van der Waals surface area contributed by atoms with E-state index in [4.69, 9.17) is 9.47 Å². The summed E-state index contributed by atoms with van der Waals surface area (Å²) < 4.78 is 11.3. The monoisotopic (exact) mass is 578 g/mol. The number of amides is 2. The number of hydrogen-bond donors (Lipinski definition) is 1. The predicted molar refractivity (Wildman–Crippen MR) is 134 cm³/mol.